The Balaban J connectivity index is 1.95. The molecule has 128 valence electrons. The van der Waals surface area contributed by atoms with Crippen LogP contribution < -0.4 is 10.6 Å². The van der Waals surface area contributed by atoms with Crippen molar-refractivity contribution in [1.29, 1.82) is 0 Å². The van der Waals surface area contributed by atoms with Crippen molar-refractivity contribution in [1.82, 2.24) is 10.2 Å². The largest absolute Gasteiger partial charge is 0.416 e. The number of rotatable bonds is 3. The summed E-state index contributed by atoms with van der Waals surface area (Å²) in [6.45, 7) is 4.84. The zero-order valence-corrected chi connectivity index (χ0v) is 13.5. The summed E-state index contributed by atoms with van der Waals surface area (Å²) in [6, 6.07) is 2.32. The van der Waals surface area contributed by atoms with E-state index in [9.17, 15) is 18.0 Å². The summed E-state index contributed by atoms with van der Waals surface area (Å²) >= 11 is 5.85. The Bertz CT molecular complexity index is 557. The average Bonchev–Trinajstić information content (AvgIpc) is 2.49. The molecule has 1 aromatic carbocycles. The van der Waals surface area contributed by atoms with Gasteiger partial charge in [0.1, 0.15) is 0 Å². The number of hydrogen-bond donors (Lipinski definition) is 2. The zero-order valence-electron chi connectivity index (χ0n) is 12.7. The molecule has 23 heavy (non-hydrogen) atoms. The number of carbonyl (C=O) groups is 1. The van der Waals surface area contributed by atoms with E-state index in [-0.39, 0.29) is 16.8 Å². The summed E-state index contributed by atoms with van der Waals surface area (Å²) in [4.78, 5) is 14.2. The number of urea groups is 1. The third kappa shape index (κ3) is 5.00. The molecular weight excluding hydrogens is 331 g/mol. The molecule has 0 unspecified atom stereocenters. The van der Waals surface area contributed by atoms with E-state index in [0.717, 1.165) is 50.7 Å². The Morgan fingerprint density at radius 3 is 2.57 bits per heavy atom. The predicted octanol–water partition coefficient (Wildman–Crippen LogP) is 3.96. The first kappa shape index (κ1) is 17.9. The van der Waals surface area contributed by atoms with Crippen molar-refractivity contribution in [3.63, 3.8) is 0 Å². The average molecular weight is 350 g/mol. The second kappa shape index (κ2) is 7.40. The Hall–Kier alpha value is -1.47. The minimum Gasteiger partial charge on any atom is -0.335 e. The topological polar surface area (TPSA) is 44.4 Å². The van der Waals surface area contributed by atoms with E-state index in [4.69, 9.17) is 11.6 Å². The number of alkyl halides is 3. The molecule has 0 aliphatic carbocycles. The number of anilines is 1. The second-order valence-corrected chi connectivity index (χ2v) is 5.91. The van der Waals surface area contributed by atoms with E-state index in [1.807, 2.05) is 0 Å². The van der Waals surface area contributed by atoms with Crippen LogP contribution in [0.5, 0.6) is 0 Å². The molecule has 1 aliphatic heterocycles. The number of benzene rings is 1. The quantitative estimate of drug-likeness (QED) is 0.867. The number of likely N-dealkylation sites (tertiary alicyclic amines) is 1. The molecule has 1 fully saturated rings. The van der Waals surface area contributed by atoms with E-state index in [0.29, 0.717) is 0 Å². The molecule has 0 radical (unpaired) electrons. The molecular formula is C15H19ClF3N3O. The summed E-state index contributed by atoms with van der Waals surface area (Å²) in [5.41, 5.74) is -0.904. The molecule has 0 spiro atoms. The highest BCUT2D eigenvalue weighted by atomic mass is 35.5. The van der Waals surface area contributed by atoms with Gasteiger partial charge in [-0.1, -0.05) is 18.5 Å². The first-order valence-electron chi connectivity index (χ1n) is 7.46. The minimum absolute atomic E-state index is 0.0161. The first-order chi connectivity index (χ1) is 10.8. The zero-order chi connectivity index (χ0) is 17.0. The van der Waals surface area contributed by atoms with Crippen molar-refractivity contribution in [3.8, 4) is 0 Å². The maximum Gasteiger partial charge on any atom is 0.416 e. The number of nitrogens with one attached hydrogen (secondary N) is 2. The fourth-order valence-corrected chi connectivity index (χ4v) is 2.70. The van der Waals surface area contributed by atoms with Crippen LogP contribution in [0.1, 0.15) is 25.3 Å². The highest BCUT2D eigenvalue weighted by Gasteiger charge is 2.31. The Morgan fingerprint density at radius 2 is 2.00 bits per heavy atom. The lowest BCUT2D eigenvalue weighted by Gasteiger charge is -2.31. The highest BCUT2D eigenvalue weighted by molar-refractivity contribution is 6.33. The van der Waals surface area contributed by atoms with Gasteiger partial charge in [-0.2, -0.15) is 13.2 Å². The van der Waals surface area contributed by atoms with E-state index in [1.165, 1.54) is 0 Å². The molecule has 8 heteroatoms. The summed E-state index contributed by atoms with van der Waals surface area (Å²) in [6.07, 6.45) is -2.85. The first-order valence-corrected chi connectivity index (χ1v) is 7.84. The summed E-state index contributed by atoms with van der Waals surface area (Å²) in [5, 5.41) is 5.24. The van der Waals surface area contributed by atoms with Gasteiger partial charge in [0.25, 0.3) is 0 Å². The lowest BCUT2D eigenvalue weighted by Crippen LogP contribution is -2.45. The number of hydrogen-bond acceptors (Lipinski definition) is 2. The normalized spacial score (nSPS) is 17.1. The molecule has 0 bridgehead atoms. The van der Waals surface area contributed by atoms with Crippen molar-refractivity contribution >= 4 is 23.3 Å². The number of nitrogens with zero attached hydrogens (tertiary/aromatic N) is 1. The molecule has 0 atom stereocenters. The Kier molecular flexibility index (Phi) is 5.75. The molecule has 1 heterocycles. The van der Waals surface area contributed by atoms with Gasteiger partial charge >= 0.3 is 12.2 Å². The Labute approximate surface area is 138 Å². The molecule has 2 amide bonds. The molecule has 1 aliphatic rings. The summed E-state index contributed by atoms with van der Waals surface area (Å²) < 4.78 is 38.1. The van der Waals surface area contributed by atoms with E-state index in [1.54, 1.807) is 0 Å². The van der Waals surface area contributed by atoms with Crippen LogP contribution in [0, 0.1) is 0 Å². The lowest BCUT2D eigenvalue weighted by molar-refractivity contribution is -0.137. The van der Waals surface area contributed by atoms with Crippen molar-refractivity contribution in [2.45, 2.75) is 32.0 Å². The molecule has 2 rings (SSSR count). The van der Waals surface area contributed by atoms with Crippen LogP contribution in [-0.4, -0.2) is 36.6 Å². The van der Waals surface area contributed by atoms with Crippen LogP contribution in [-0.2, 0) is 6.18 Å². The van der Waals surface area contributed by atoms with Crippen molar-refractivity contribution in [2.24, 2.45) is 0 Å². The molecule has 2 N–H and O–H groups in total. The van der Waals surface area contributed by atoms with E-state index < -0.39 is 17.8 Å². The van der Waals surface area contributed by atoms with Gasteiger partial charge in [-0.25, -0.2) is 4.79 Å². The molecule has 1 aromatic rings. The maximum absolute atomic E-state index is 12.7. The summed E-state index contributed by atoms with van der Waals surface area (Å²) in [5.74, 6) is 0. The minimum atomic E-state index is -4.48. The van der Waals surface area contributed by atoms with E-state index >= 15 is 0 Å². The molecule has 0 aromatic heterocycles. The molecule has 0 saturated carbocycles. The fraction of sp³-hybridized carbons (Fsp3) is 0.533. The maximum atomic E-state index is 12.7. The SMILES string of the molecule is CCN1CCC(NC(=O)Nc2cc(C(F)(F)F)ccc2Cl)CC1. The number of piperidine rings is 1. The number of carbonyl (C=O) groups excluding carboxylic acids is 1. The highest BCUT2D eigenvalue weighted by Crippen LogP contribution is 2.33. The third-order valence-electron chi connectivity index (χ3n) is 3.91. The predicted molar refractivity (Wildman–Crippen MR) is 83.7 cm³/mol. The number of amides is 2. The molecule has 4 nitrogen and oxygen atoms in total. The van der Waals surface area contributed by atoms with Gasteiger partial charge in [0.2, 0.25) is 0 Å². The van der Waals surface area contributed by atoms with Gasteiger partial charge in [0.15, 0.2) is 0 Å². The van der Waals surface area contributed by atoms with Crippen LogP contribution >= 0.6 is 11.6 Å². The van der Waals surface area contributed by atoms with Crippen LogP contribution in [0.2, 0.25) is 5.02 Å². The Morgan fingerprint density at radius 1 is 1.35 bits per heavy atom. The van der Waals surface area contributed by atoms with Gasteiger partial charge in [-0.3, -0.25) is 0 Å². The van der Waals surface area contributed by atoms with Crippen LogP contribution in [0.4, 0.5) is 23.7 Å². The van der Waals surface area contributed by atoms with Gasteiger partial charge in [0, 0.05) is 19.1 Å². The van der Waals surface area contributed by atoms with E-state index in [2.05, 4.69) is 22.5 Å². The third-order valence-corrected chi connectivity index (χ3v) is 4.24. The van der Waals surface area contributed by atoms with Crippen molar-refractivity contribution in [2.75, 3.05) is 25.0 Å². The van der Waals surface area contributed by atoms with Gasteiger partial charge < -0.3 is 15.5 Å². The monoisotopic (exact) mass is 349 g/mol. The van der Waals surface area contributed by atoms with Crippen LogP contribution in [0.15, 0.2) is 18.2 Å². The van der Waals surface area contributed by atoms with Gasteiger partial charge in [0.05, 0.1) is 16.3 Å². The van der Waals surface area contributed by atoms with Crippen molar-refractivity contribution in [3.05, 3.63) is 28.8 Å². The van der Waals surface area contributed by atoms with Gasteiger partial charge in [-0.05, 0) is 37.6 Å². The van der Waals surface area contributed by atoms with Gasteiger partial charge in [-0.15, -0.1) is 0 Å². The summed E-state index contributed by atoms with van der Waals surface area (Å²) in [7, 11) is 0. The standard InChI is InChI=1S/C15H19ClF3N3O/c1-2-22-7-5-11(6-8-22)20-14(23)21-13-9-10(15(17,18)19)3-4-12(13)16/h3-4,9,11H,2,5-8H2,1H3,(H2,20,21,23). The lowest BCUT2D eigenvalue weighted by atomic mass is 10.1. The second-order valence-electron chi connectivity index (χ2n) is 5.50. The number of halogens is 4. The van der Waals surface area contributed by atoms with Crippen LogP contribution in [0.3, 0.4) is 0 Å². The van der Waals surface area contributed by atoms with Crippen LogP contribution in [0.25, 0.3) is 0 Å². The van der Waals surface area contributed by atoms with Crippen molar-refractivity contribution < 1.29 is 18.0 Å². The smallest absolute Gasteiger partial charge is 0.335 e. The molecule has 1 saturated heterocycles. The fourth-order valence-electron chi connectivity index (χ4n) is 2.53.